The van der Waals surface area contributed by atoms with Crippen molar-refractivity contribution in [3.05, 3.63) is 0 Å². The Balaban J connectivity index is 1.85. The quantitative estimate of drug-likeness (QED) is 0.742. The van der Waals surface area contributed by atoms with Crippen LogP contribution in [0, 0.1) is 5.92 Å². The molecule has 2 aliphatic heterocycles. The van der Waals surface area contributed by atoms with E-state index in [1.165, 1.54) is 32.4 Å². The number of nitrogens with zero attached hydrogens (tertiary/aromatic N) is 2. The molecule has 0 aromatic rings. The molecule has 0 aromatic carbocycles. The van der Waals surface area contributed by atoms with Gasteiger partial charge in [0.15, 0.2) is 0 Å². The second-order valence-corrected chi connectivity index (χ2v) is 7.79. The second kappa shape index (κ2) is 6.99. The van der Waals surface area contributed by atoms with Crippen molar-refractivity contribution in [2.75, 3.05) is 26.2 Å². The first-order valence-electron chi connectivity index (χ1n) is 8.57. The summed E-state index contributed by atoms with van der Waals surface area (Å²) in [4.78, 5) is 16.8. The van der Waals surface area contributed by atoms with Gasteiger partial charge in [0.25, 0.3) is 0 Å². The average molecular weight is 296 g/mol. The minimum atomic E-state index is -0.398. The summed E-state index contributed by atoms with van der Waals surface area (Å²) in [6.07, 6.45) is 5.95. The number of likely N-dealkylation sites (tertiary alicyclic amines) is 2. The molecule has 2 atom stereocenters. The topological polar surface area (TPSA) is 32.8 Å². The normalized spacial score (nSPS) is 29.0. The van der Waals surface area contributed by atoms with Gasteiger partial charge in [0.2, 0.25) is 0 Å². The Morgan fingerprint density at radius 3 is 2.43 bits per heavy atom. The van der Waals surface area contributed by atoms with Crippen LogP contribution in [0.15, 0.2) is 0 Å². The fourth-order valence-corrected chi connectivity index (χ4v) is 3.51. The molecule has 0 aromatic heterocycles. The Morgan fingerprint density at radius 1 is 1.05 bits per heavy atom. The Hall–Kier alpha value is -0.770. The van der Waals surface area contributed by atoms with Crippen LogP contribution in [-0.4, -0.2) is 53.7 Å². The van der Waals surface area contributed by atoms with Crippen LogP contribution in [0.4, 0.5) is 4.79 Å². The maximum absolute atomic E-state index is 12.2. The molecule has 2 rings (SSSR count). The third kappa shape index (κ3) is 5.17. The lowest BCUT2D eigenvalue weighted by molar-refractivity contribution is 0.0250. The van der Waals surface area contributed by atoms with Gasteiger partial charge in [-0.3, -0.25) is 0 Å². The standard InChI is InChI=1S/C17H32N2O2/c1-14-7-5-11-19(13-14)15-8-6-10-18(12-9-15)16(20)21-17(2,3)4/h14-15H,5-13H2,1-4H3/t14-,15?/m1/s1. The summed E-state index contributed by atoms with van der Waals surface area (Å²) in [6.45, 7) is 12.3. The predicted octanol–water partition coefficient (Wildman–Crippen LogP) is 3.51. The summed E-state index contributed by atoms with van der Waals surface area (Å²) in [5.74, 6) is 0.823. The van der Waals surface area contributed by atoms with Crippen molar-refractivity contribution in [2.45, 2.75) is 71.4 Å². The first-order chi connectivity index (χ1) is 9.85. The fourth-order valence-electron chi connectivity index (χ4n) is 3.51. The number of hydrogen-bond acceptors (Lipinski definition) is 3. The molecule has 4 nitrogen and oxygen atoms in total. The van der Waals surface area contributed by atoms with E-state index in [0.717, 1.165) is 31.8 Å². The SMILES string of the molecule is C[C@@H]1CCCN(C2CCCN(C(=O)OC(C)(C)C)CC2)C1. The van der Waals surface area contributed by atoms with Crippen LogP contribution in [0.3, 0.4) is 0 Å². The van der Waals surface area contributed by atoms with Crippen molar-refractivity contribution in [1.82, 2.24) is 9.80 Å². The van der Waals surface area contributed by atoms with Gasteiger partial charge in [-0.15, -0.1) is 0 Å². The van der Waals surface area contributed by atoms with Gasteiger partial charge in [0.05, 0.1) is 0 Å². The van der Waals surface area contributed by atoms with E-state index in [4.69, 9.17) is 4.74 Å². The predicted molar refractivity (Wildman–Crippen MR) is 85.4 cm³/mol. The number of hydrogen-bond donors (Lipinski definition) is 0. The van der Waals surface area contributed by atoms with Crippen LogP contribution in [0.25, 0.3) is 0 Å². The van der Waals surface area contributed by atoms with Crippen molar-refractivity contribution >= 4 is 6.09 Å². The Bertz CT molecular complexity index is 351. The van der Waals surface area contributed by atoms with E-state index in [-0.39, 0.29) is 6.09 Å². The average Bonchev–Trinajstić information content (AvgIpc) is 2.62. The number of ether oxygens (including phenoxy) is 1. The minimum absolute atomic E-state index is 0.143. The largest absolute Gasteiger partial charge is 0.444 e. The number of rotatable bonds is 1. The minimum Gasteiger partial charge on any atom is -0.444 e. The molecule has 0 radical (unpaired) electrons. The molecule has 2 heterocycles. The highest BCUT2D eigenvalue weighted by atomic mass is 16.6. The van der Waals surface area contributed by atoms with Gasteiger partial charge in [-0.2, -0.15) is 0 Å². The van der Waals surface area contributed by atoms with Crippen molar-refractivity contribution < 1.29 is 9.53 Å². The van der Waals surface area contributed by atoms with Gasteiger partial charge in [0, 0.05) is 25.7 Å². The van der Waals surface area contributed by atoms with E-state index in [0.29, 0.717) is 6.04 Å². The second-order valence-electron chi connectivity index (χ2n) is 7.79. The van der Waals surface area contributed by atoms with Gasteiger partial charge in [-0.05, 0) is 65.3 Å². The van der Waals surface area contributed by atoms with Gasteiger partial charge >= 0.3 is 6.09 Å². The summed E-state index contributed by atoms with van der Waals surface area (Å²) in [5.41, 5.74) is -0.398. The van der Waals surface area contributed by atoms with Crippen LogP contribution in [0.2, 0.25) is 0 Å². The summed E-state index contributed by atoms with van der Waals surface area (Å²) in [7, 11) is 0. The highest BCUT2D eigenvalue weighted by Crippen LogP contribution is 2.24. The molecule has 0 N–H and O–H groups in total. The fraction of sp³-hybridized carbons (Fsp3) is 0.941. The van der Waals surface area contributed by atoms with Crippen LogP contribution < -0.4 is 0 Å². The zero-order valence-corrected chi connectivity index (χ0v) is 14.2. The van der Waals surface area contributed by atoms with Crippen LogP contribution in [-0.2, 0) is 4.74 Å². The first-order valence-corrected chi connectivity index (χ1v) is 8.57. The zero-order chi connectivity index (χ0) is 15.5. The van der Waals surface area contributed by atoms with Gasteiger partial charge in [-0.1, -0.05) is 6.92 Å². The lowest BCUT2D eigenvalue weighted by Gasteiger charge is -2.37. The van der Waals surface area contributed by atoms with E-state index in [9.17, 15) is 4.79 Å². The molecule has 1 amide bonds. The lowest BCUT2D eigenvalue weighted by atomic mass is 9.96. The summed E-state index contributed by atoms with van der Waals surface area (Å²) < 4.78 is 5.50. The summed E-state index contributed by atoms with van der Waals surface area (Å²) >= 11 is 0. The maximum atomic E-state index is 12.2. The number of carbonyl (C=O) groups is 1. The highest BCUT2D eigenvalue weighted by Gasteiger charge is 2.29. The molecular formula is C17H32N2O2. The maximum Gasteiger partial charge on any atom is 0.410 e. The molecule has 2 saturated heterocycles. The smallest absolute Gasteiger partial charge is 0.410 e. The Morgan fingerprint density at radius 2 is 1.76 bits per heavy atom. The molecule has 0 bridgehead atoms. The van der Waals surface area contributed by atoms with Gasteiger partial charge < -0.3 is 14.5 Å². The molecule has 122 valence electrons. The van der Waals surface area contributed by atoms with Crippen LogP contribution >= 0.6 is 0 Å². The lowest BCUT2D eigenvalue weighted by Crippen LogP contribution is -2.43. The Kier molecular flexibility index (Phi) is 5.53. The van der Waals surface area contributed by atoms with Crippen LogP contribution in [0.1, 0.15) is 59.8 Å². The molecule has 0 spiro atoms. The van der Waals surface area contributed by atoms with Crippen molar-refractivity contribution in [2.24, 2.45) is 5.92 Å². The molecular weight excluding hydrogens is 264 g/mol. The molecule has 0 aliphatic carbocycles. The first kappa shape index (κ1) is 16.6. The van der Waals surface area contributed by atoms with E-state index in [2.05, 4.69) is 11.8 Å². The van der Waals surface area contributed by atoms with Crippen molar-refractivity contribution in [3.8, 4) is 0 Å². The van der Waals surface area contributed by atoms with Gasteiger partial charge in [-0.25, -0.2) is 4.79 Å². The number of amides is 1. The zero-order valence-electron chi connectivity index (χ0n) is 14.2. The van der Waals surface area contributed by atoms with Crippen LogP contribution in [0.5, 0.6) is 0 Å². The molecule has 4 heteroatoms. The molecule has 2 fully saturated rings. The summed E-state index contributed by atoms with van der Waals surface area (Å²) in [5, 5.41) is 0. The number of carbonyl (C=O) groups excluding carboxylic acids is 1. The van der Waals surface area contributed by atoms with E-state index in [1.807, 2.05) is 25.7 Å². The van der Waals surface area contributed by atoms with E-state index in [1.54, 1.807) is 0 Å². The molecule has 21 heavy (non-hydrogen) atoms. The molecule has 0 saturated carbocycles. The van der Waals surface area contributed by atoms with Gasteiger partial charge in [0.1, 0.15) is 5.60 Å². The highest BCUT2D eigenvalue weighted by molar-refractivity contribution is 5.68. The molecule has 2 aliphatic rings. The van der Waals surface area contributed by atoms with Crippen molar-refractivity contribution in [3.63, 3.8) is 0 Å². The van der Waals surface area contributed by atoms with Crippen molar-refractivity contribution in [1.29, 1.82) is 0 Å². The molecule has 1 unspecified atom stereocenters. The third-order valence-corrected chi connectivity index (χ3v) is 4.55. The third-order valence-electron chi connectivity index (χ3n) is 4.55. The van der Waals surface area contributed by atoms with E-state index < -0.39 is 5.60 Å². The Labute approximate surface area is 129 Å². The monoisotopic (exact) mass is 296 g/mol. The number of piperidine rings is 1. The van der Waals surface area contributed by atoms with E-state index >= 15 is 0 Å². The summed E-state index contributed by atoms with van der Waals surface area (Å²) in [6, 6.07) is 0.653.